The van der Waals surface area contributed by atoms with E-state index in [0.29, 0.717) is 5.92 Å². The molecule has 124 valence electrons. The van der Waals surface area contributed by atoms with Gasteiger partial charge in [0.05, 0.1) is 0 Å². The Hall–Kier alpha value is -3.12. The molecule has 5 rings (SSSR count). The Balaban J connectivity index is 1.81. The molecule has 1 aliphatic carbocycles. The van der Waals surface area contributed by atoms with Crippen molar-refractivity contribution in [1.82, 2.24) is 0 Å². The maximum atomic E-state index is 2.38. The topological polar surface area (TPSA) is 0 Å². The van der Waals surface area contributed by atoms with Crippen molar-refractivity contribution >= 4 is 16.8 Å². The van der Waals surface area contributed by atoms with E-state index >= 15 is 0 Å². The van der Waals surface area contributed by atoms with Gasteiger partial charge in [0.2, 0.25) is 0 Å². The number of rotatable bonds is 2. The third kappa shape index (κ3) is 2.30. The van der Waals surface area contributed by atoms with Gasteiger partial charge in [-0.15, -0.1) is 0 Å². The van der Waals surface area contributed by atoms with Gasteiger partial charge in [-0.25, -0.2) is 0 Å². The highest BCUT2D eigenvalue weighted by molar-refractivity contribution is 5.99. The first-order valence-corrected chi connectivity index (χ1v) is 9.18. The van der Waals surface area contributed by atoms with Crippen LogP contribution in [0.1, 0.15) is 28.2 Å². The van der Waals surface area contributed by atoms with Gasteiger partial charge in [-0.3, -0.25) is 0 Å². The molecule has 0 radical (unpaired) electrons. The lowest BCUT2D eigenvalue weighted by atomic mass is 9.83. The van der Waals surface area contributed by atoms with Crippen LogP contribution in [0.25, 0.3) is 28.0 Å². The maximum Gasteiger partial charge on any atom is 0.0281 e. The summed E-state index contributed by atoms with van der Waals surface area (Å²) in [6, 6.07) is 30.6. The standard InChI is InChI=1S/C26H20/c1-18-25(24-16-15-19-9-5-7-13-22(19)24)17-21-12-6-8-14-23(21)26(18)20-10-3-2-4-11-20/h2-17,24H,1H3. The van der Waals surface area contributed by atoms with E-state index in [1.807, 2.05) is 0 Å². The molecule has 1 unspecified atom stereocenters. The molecule has 0 aromatic heterocycles. The van der Waals surface area contributed by atoms with Crippen molar-refractivity contribution in [1.29, 1.82) is 0 Å². The number of hydrogen-bond donors (Lipinski definition) is 0. The average Bonchev–Trinajstić information content (AvgIpc) is 3.12. The average molecular weight is 332 g/mol. The quantitative estimate of drug-likeness (QED) is 0.371. The van der Waals surface area contributed by atoms with Gasteiger partial charge in [0.25, 0.3) is 0 Å². The monoisotopic (exact) mass is 332 g/mol. The van der Waals surface area contributed by atoms with Gasteiger partial charge in [-0.05, 0) is 57.1 Å². The van der Waals surface area contributed by atoms with Crippen LogP contribution in [0.15, 0.2) is 91.0 Å². The van der Waals surface area contributed by atoms with E-state index in [4.69, 9.17) is 0 Å². The molecule has 0 heterocycles. The molecular formula is C26H20. The molecule has 0 saturated carbocycles. The van der Waals surface area contributed by atoms with Crippen LogP contribution in [0.4, 0.5) is 0 Å². The minimum atomic E-state index is 0.332. The van der Waals surface area contributed by atoms with Crippen LogP contribution in [0, 0.1) is 6.92 Å². The zero-order valence-corrected chi connectivity index (χ0v) is 14.8. The largest absolute Gasteiger partial charge is 0.0720 e. The Kier molecular flexibility index (Phi) is 3.50. The van der Waals surface area contributed by atoms with Crippen molar-refractivity contribution in [3.63, 3.8) is 0 Å². The number of allylic oxidation sites excluding steroid dienone is 1. The number of hydrogen-bond acceptors (Lipinski definition) is 0. The molecule has 0 amide bonds. The van der Waals surface area contributed by atoms with Gasteiger partial charge in [0.1, 0.15) is 0 Å². The maximum absolute atomic E-state index is 2.38. The summed E-state index contributed by atoms with van der Waals surface area (Å²) in [5.74, 6) is 0.332. The van der Waals surface area contributed by atoms with Gasteiger partial charge in [-0.2, -0.15) is 0 Å². The van der Waals surface area contributed by atoms with Crippen LogP contribution in [-0.2, 0) is 0 Å². The molecular weight excluding hydrogens is 312 g/mol. The van der Waals surface area contributed by atoms with E-state index in [9.17, 15) is 0 Å². The Morgan fingerprint density at radius 3 is 2.31 bits per heavy atom. The molecule has 0 aliphatic heterocycles. The number of fused-ring (bicyclic) bond motifs is 2. The highest BCUT2D eigenvalue weighted by Gasteiger charge is 2.22. The first-order chi connectivity index (χ1) is 12.8. The molecule has 4 aromatic rings. The van der Waals surface area contributed by atoms with Crippen molar-refractivity contribution in [3.05, 3.63) is 113 Å². The molecule has 0 spiro atoms. The lowest BCUT2D eigenvalue weighted by Gasteiger charge is -2.20. The molecule has 0 N–H and O–H groups in total. The molecule has 0 fully saturated rings. The molecule has 26 heavy (non-hydrogen) atoms. The van der Waals surface area contributed by atoms with Crippen LogP contribution in [-0.4, -0.2) is 0 Å². The second kappa shape index (κ2) is 6.00. The van der Waals surface area contributed by atoms with E-state index in [-0.39, 0.29) is 0 Å². The predicted octanol–water partition coefficient (Wildman–Crippen LogP) is 6.97. The van der Waals surface area contributed by atoms with Gasteiger partial charge in [0.15, 0.2) is 0 Å². The van der Waals surface area contributed by atoms with Crippen molar-refractivity contribution in [2.75, 3.05) is 0 Å². The third-order valence-corrected chi connectivity index (χ3v) is 5.55. The summed E-state index contributed by atoms with van der Waals surface area (Å²) in [6.45, 7) is 2.28. The Bertz CT molecular complexity index is 1130. The van der Waals surface area contributed by atoms with E-state index in [2.05, 4.69) is 104 Å². The Morgan fingerprint density at radius 1 is 0.692 bits per heavy atom. The van der Waals surface area contributed by atoms with Crippen LogP contribution < -0.4 is 0 Å². The SMILES string of the molecule is Cc1c(C2C=Cc3ccccc32)cc2ccccc2c1-c1ccccc1. The Labute approximate surface area is 154 Å². The molecule has 4 aromatic carbocycles. The second-order valence-corrected chi connectivity index (χ2v) is 7.02. The van der Waals surface area contributed by atoms with Crippen molar-refractivity contribution in [2.24, 2.45) is 0 Å². The van der Waals surface area contributed by atoms with Crippen LogP contribution in [0.2, 0.25) is 0 Å². The fourth-order valence-corrected chi connectivity index (χ4v) is 4.29. The highest BCUT2D eigenvalue weighted by Crippen LogP contribution is 2.42. The Morgan fingerprint density at radius 2 is 1.42 bits per heavy atom. The summed E-state index contributed by atoms with van der Waals surface area (Å²) in [6.07, 6.45) is 4.60. The predicted molar refractivity (Wildman–Crippen MR) is 111 cm³/mol. The van der Waals surface area contributed by atoms with Crippen molar-refractivity contribution in [3.8, 4) is 11.1 Å². The van der Waals surface area contributed by atoms with Crippen LogP contribution in [0.3, 0.4) is 0 Å². The van der Waals surface area contributed by atoms with E-state index in [0.717, 1.165) is 0 Å². The smallest absolute Gasteiger partial charge is 0.0281 e. The molecule has 0 bridgehead atoms. The van der Waals surface area contributed by atoms with Gasteiger partial charge in [0, 0.05) is 5.92 Å². The zero-order chi connectivity index (χ0) is 17.5. The third-order valence-electron chi connectivity index (χ3n) is 5.55. The minimum absolute atomic E-state index is 0.332. The molecule has 0 nitrogen and oxygen atoms in total. The molecule has 0 heteroatoms. The lowest BCUT2D eigenvalue weighted by molar-refractivity contribution is 1.03. The van der Waals surface area contributed by atoms with Crippen LogP contribution in [0.5, 0.6) is 0 Å². The fraction of sp³-hybridized carbons (Fsp3) is 0.0769. The number of benzene rings is 4. The van der Waals surface area contributed by atoms with Gasteiger partial charge < -0.3 is 0 Å². The summed E-state index contributed by atoms with van der Waals surface area (Å²) >= 11 is 0. The van der Waals surface area contributed by atoms with Crippen LogP contribution >= 0.6 is 0 Å². The molecule has 1 aliphatic rings. The second-order valence-electron chi connectivity index (χ2n) is 7.02. The summed E-state index contributed by atoms with van der Waals surface area (Å²) in [5, 5.41) is 2.64. The normalized spacial score (nSPS) is 15.3. The lowest BCUT2D eigenvalue weighted by Crippen LogP contribution is -2.01. The minimum Gasteiger partial charge on any atom is -0.0720 e. The van der Waals surface area contributed by atoms with Crippen molar-refractivity contribution in [2.45, 2.75) is 12.8 Å². The zero-order valence-electron chi connectivity index (χ0n) is 14.8. The first kappa shape index (κ1) is 15.2. The summed E-state index contributed by atoms with van der Waals surface area (Å²) in [4.78, 5) is 0. The first-order valence-electron chi connectivity index (χ1n) is 9.18. The highest BCUT2D eigenvalue weighted by atomic mass is 14.3. The molecule has 1 atom stereocenters. The van der Waals surface area contributed by atoms with E-state index < -0.39 is 0 Å². The van der Waals surface area contributed by atoms with Crippen molar-refractivity contribution < 1.29 is 0 Å². The molecule has 0 saturated heterocycles. The van der Waals surface area contributed by atoms with E-state index in [1.54, 1.807) is 0 Å². The summed E-state index contributed by atoms with van der Waals surface area (Å²) in [5.41, 5.74) is 8.18. The summed E-state index contributed by atoms with van der Waals surface area (Å²) in [7, 11) is 0. The van der Waals surface area contributed by atoms with Gasteiger partial charge >= 0.3 is 0 Å². The fourth-order valence-electron chi connectivity index (χ4n) is 4.29. The summed E-state index contributed by atoms with van der Waals surface area (Å²) < 4.78 is 0. The van der Waals surface area contributed by atoms with Gasteiger partial charge in [-0.1, -0.05) is 91.0 Å². The van der Waals surface area contributed by atoms with E-state index in [1.165, 1.54) is 44.2 Å².